The smallest absolute Gasteiger partial charge is 0.319 e. The predicted octanol–water partition coefficient (Wildman–Crippen LogP) is 2.44. The van der Waals surface area contributed by atoms with Gasteiger partial charge in [-0.05, 0) is 32.8 Å². The molecule has 0 unspecified atom stereocenters. The predicted molar refractivity (Wildman–Crippen MR) is 88.3 cm³/mol. The molecule has 2 heterocycles. The maximum atomic E-state index is 12.1. The lowest BCUT2D eigenvalue weighted by molar-refractivity contribution is 0.0955. The zero-order chi connectivity index (χ0) is 16.4. The highest BCUT2D eigenvalue weighted by Gasteiger charge is 2.24. The van der Waals surface area contributed by atoms with Gasteiger partial charge < -0.3 is 15.7 Å². The first-order valence-corrected chi connectivity index (χ1v) is 8.13. The number of anilines is 1. The van der Waals surface area contributed by atoms with Crippen LogP contribution in [0.25, 0.3) is 11.0 Å². The summed E-state index contributed by atoms with van der Waals surface area (Å²) in [5.41, 5.74) is 1.41. The van der Waals surface area contributed by atoms with Crippen molar-refractivity contribution < 1.29 is 9.90 Å². The summed E-state index contributed by atoms with van der Waals surface area (Å²) in [6.07, 6.45) is 6.51. The molecule has 0 saturated heterocycles. The minimum absolute atomic E-state index is 0.177. The third kappa shape index (κ3) is 3.44. The van der Waals surface area contributed by atoms with Gasteiger partial charge in [0.1, 0.15) is 0 Å². The summed E-state index contributed by atoms with van der Waals surface area (Å²) in [5, 5.41) is 20.7. The molecule has 0 aliphatic heterocycles. The van der Waals surface area contributed by atoms with Crippen LogP contribution in [0.3, 0.4) is 0 Å². The molecule has 0 radical (unpaired) electrons. The van der Waals surface area contributed by atoms with Crippen LogP contribution >= 0.6 is 0 Å². The van der Waals surface area contributed by atoms with Gasteiger partial charge in [-0.1, -0.05) is 12.8 Å². The molecule has 1 fully saturated rings. The monoisotopic (exact) mass is 317 g/mol. The molecule has 7 heteroatoms. The van der Waals surface area contributed by atoms with Crippen molar-refractivity contribution in [3.63, 3.8) is 0 Å². The van der Waals surface area contributed by atoms with Gasteiger partial charge in [0.15, 0.2) is 5.65 Å². The topological polar surface area (TPSA) is 92.1 Å². The van der Waals surface area contributed by atoms with E-state index < -0.39 is 6.10 Å². The summed E-state index contributed by atoms with van der Waals surface area (Å²) in [7, 11) is 0. The van der Waals surface area contributed by atoms with Crippen LogP contribution < -0.4 is 10.6 Å². The number of carbonyl (C=O) groups is 1. The van der Waals surface area contributed by atoms with Gasteiger partial charge in [0.05, 0.1) is 30.2 Å². The molecule has 0 aromatic carbocycles. The number of urea groups is 1. The standard InChI is InChI=1S/C16H23N5O2/c1-10(2)21-15-11(8-18-21)7-12(9-17-15)19-16(23)20-13-5-3-4-6-14(13)22/h7-10,13-14,22H,3-6H2,1-2H3,(H2,19,20,23)/t13-,14-/m1/s1. The Morgan fingerprint density at radius 1 is 1.35 bits per heavy atom. The van der Waals surface area contributed by atoms with Gasteiger partial charge in [0, 0.05) is 11.4 Å². The normalized spacial score (nSPS) is 21.6. The fourth-order valence-electron chi connectivity index (χ4n) is 3.00. The summed E-state index contributed by atoms with van der Waals surface area (Å²) >= 11 is 0. The van der Waals surface area contributed by atoms with Crippen LogP contribution in [0.4, 0.5) is 10.5 Å². The highest BCUT2D eigenvalue weighted by Crippen LogP contribution is 2.20. The van der Waals surface area contributed by atoms with Crippen LogP contribution in [-0.4, -0.2) is 38.0 Å². The molecule has 3 rings (SSSR count). The summed E-state index contributed by atoms with van der Waals surface area (Å²) in [6.45, 7) is 4.09. The average Bonchev–Trinajstić information content (AvgIpc) is 2.93. The molecule has 0 spiro atoms. The molecule has 2 atom stereocenters. The third-order valence-electron chi connectivity index (χ3n) is 4.23. The number of amides is 2. The number of fused-ring (bicyclic) bond motifs is 1. The van der Waals surface area contributed by atoms with Crippen molar-refractivity contribution in [2.75, 3.05) is 5.32 Å². The van der Waals surface area contributed by atoms with Gasteiger partial charge >= 0.3 is 6.03 Å². The molecule has 1 saturated carbocycles. The molecule has 2 amide bonds. The van der Waals surface area contributed by atoms with Crippen LogP contribution in [0.1, 0.15) is 45.6 Å². The summed E-state index contributed by atoms with van der Waals surface area (Å²) in [5.74, 6) is 0. The molecule has 124 valence electrons. The van der Waals surface area contributed by atoms with Crippen molar-refractivity contribution in [2.45, 2.75) is 57.7 Å². The Kier molecular flexibility index (Phi) is 4.47. The quantitative estimate of drug-likeness (QED) is 0.810. The van der Waals surface area contributed by atoms with Crippen molar-refractivity contribution in [3.8, 4) is 0 Å². The molecule has 1 aliphatic carbocycles. The molecule has 3 N–H and O–H groups in total. The first-order valence-electron chi connectivity index (χ1n) is 8.13. The van der Waals surface area contributed by atoms with Crippen molar-refractivity contribution in [3.05, 3.63) is 18.5 Å². The second-order valence-electron chi connectivity index (χ2n) is 6.38. The fraction of sp³-hybridized carbons (Fsp3) is 0.562. The van der Waals surface area contributed by atoms with Crippen LogP contribution in [0.5, 0.6) is 0 Å². The fourth-order valence-corrected chi connectivity index (χ4v) is 3.00. The Hall–Kier alpha value is -2.15. The Labute approximate surface area is 135 Å². The summed E-state index contributed by atoms with van der Waals surface area (Å²) in [4.78, 5) is 16.5. The van der Waals surface area contributed by atoms with Crippen LogP contribution in [0, 0.1) is 0 Å². The Morgan fingerprint density at radius 2 is 2.13 bits per heavy atom. The number of pyridine rings is 1. The maximum absolute atomic E-state index is 12.1. The van der Waals surface area contributed by atoms with E-state index in [0.717, 1.165) is 36.7 Å². The van der Waals surface area contributed by atoms with E-state index in [4.69, 9.17) is 0 Å². The number of hydrogen-bond acceptors (Lipinski definition) is 4. The number of nitrogens with one attached hydrogen (secondary N) is 2. The van der Waals surface area contributed by atoms with E-state index in [1.54, 1.807) is 12.4 Å². The lowest BCUT2D eigenvalue weighted by Gasteiger charge is -2.28. The van der Waals surface area contributed by atoms with Gasteiger partial charge in [0.2, 0.25) is 0 Å². The maximum Gasteiger partial charge on any atom is 0.319 e. The van der Waals surface area contributed by atoms with E-state index in [9.17, 15) is 9.90 Å². The molecule has 1 aliphatic rings. The second kappa shape index (κ2) is 6.54. The van der Waals surface area contributed by atoms with Gasteiger partial charge in [-0.15, -0.1) is 0 Å². The van der Waals surface area contributed by atoms with Crippen LogP contribution in [0.15, 0.2) is 18.5 Å². The Bertz CT molecular complexity index is 697. The number of aromatic nitrogens is 3. The van der Waals surface area contributed by atoms with Crippen molar-refractivity contribution >= 4 is 22.8 Å². The van der Waals surface area contributed by atoms with E-state index >= 15 is 0 Å². The van der Waals surface area contributed by atoms with E-state index in [1.165, 1.54) is 0 Å². The van der Waals surface area contributed by atoms with Crippen LogP contribution in [-0.2, 0) is 0 Å². The molecular weight excluding hydrogens is 294 g/mol. The summed E-state index contributed by atoms with van der Waals surface area (Å²) in [6, 6.07) is 1.60. The molecule has 23 heavy (non-hydrogen) atoms. The SMILES string of the molecule is CC(C)n1ncc2cc(NC(=O)N[C@@H]3CCCC[C@H]3O)cnc21. The number of rotatable bonds is 3. The number of carbonyl (C=O) groups excluding carboxylic acids is 1. The van der Waals surface area contributed by atoms with Gasteiger partial charge in [-0.3, -0.25) is 0 Å². The third-order valence-corrected chi connectivity index (χ3v) is 4.23. The first kappa shape index (κ1) is 15.7. The zero-order valence-corrected chi connectivity index (χ0v) is 13.5. The zero-order valence-electron chi connectivity index (χ0n) is 13.5. The van der Waals surface area contributed by atoms with Gasteiger partial charge in [0.25, 0.3) is 0 Å². The minimum atomic E-state index is -0.459. The van der Waals surface area contributed by atoms with Crippen molar-refractivity contribution in [1.29, 1.82) is 0 Å². The first-order chi connectivity index (χ1) is 11.0. The largest absolute Gasteiger partial charge is 0.391 e. The number of hydrogen-bond donors (Lipinski definition) is 3. The van der Waals surface area contributed by atoms with E-state index in [0.29, 0.717) is 5.69 Å². The van der Waals surface area contributed by atoms with E-state index in [1.807, 2.05) is 24.6 Å². The van der Waals surface area contributed by atoms with Crippen LogP contribution in [0.2, 0.25) is 0 Å². The lowest BCUT2D eigenvalue weighted by atomic mass is 9.93. The number of aliphatic hydroxyl groups excluding tert-OH is 1. The summed E-state index contributed by atoms with van der Waals surface area (Å²) < 4.78 is 1.84. The average molecular weight is 317 g/mol. The molecular formula is C16H23N5O2. The van der Waals surface area contributed by atoms with E-state index in [-0.39, 0.29) is 18.1 Å². The lowest BCUT2D eigenvalue weighted by Crippen LogP contribution is -2.46. The molecule has 7 nitrogen and oxygen atoms in total. The minimum Gasteiger partial charge on any atom is -0.391 e. The molecule has 2 aromatic rings. The Balaban J connectivity index is 1.67. The highest BCUT2D eigenvalue weighted by molar-refractivity contribution is 5.91. The van der Waals surface area contributed by atoms with Crippen molar-refractivity contribution in [1.82, 2.24) is 20.1 Å². The van der Waals surface area contributed by atoms with Gasteiger partial charge in [-0.2, -0.15) is 5.10 Å². The number of aliphatic hydroxyl groups is 1. The highest BCUT2D eigenvalue weighted by atomic mass is 16.3. The van der Waals surface area contributed by atoms with Gasteiger partial charge in [-0.25, -0.2) is 14.5 Å². The van der Waals surface area contributed by atoms with E-state index in [2.05, 4.69) is 20.7 Å². The Morgan fingerprint density at radius 3 is 2.87 bits per heavy atom. The van der Waals surface area contributed by atoms with Crippen molar-refractivity contribution in [2.24, 2.45) is 0 Å². The molecule has 2 aromatic heterocycles. The molecule has 0 bridgehead atoms. The second-order valence-corrected chi connectivity index (χ2v) is 6.38. The number of nitrogens with zero attached hydrogens (tertiary/aromatic N) is 3.